The van der Waals surface area contributed by atoms with Crippen molar-refractivity contribution in [3.63, 3.8) is 0 Å². The number of imidazole rings is 1. The number of para-hydroxylation sites is 1. The largest absolute Gasteiger partial charge is 0.398 e. The predicted molar refractivity (Wildman–Crippen MR) is 115 cm³/mol. The van der Waals surface area contributed by atoms with Crippen molar-refractivity contribution in [2.24, 2.45) is 0 Å². The first-order valence-electron chi connectivity index (χ1n) is 9.40. The van der Waals surface area contributed by atoms with Crippen LogP contribution in [0.1, 0.15) is 18.8 Å². The molecule has 0 spiro atoms. The number of aromatic amines is 1. The lowest BCUT2D eigenvalue weighted by Gasteiger charge is -2.20. The maximum Gasteiger partial charge on any atom is 0.268 e. The normalized spacial score (nSPS) is 12.3. The number of hydrogen-bond acceptors (Lipinski definition) is 7. The lowest BCUT2D eigenvalue weighted by atomic mass is 10.1. The molecule has 148 valence electrons. The molecule has 9 heteroatoms. The monoisotopic (exact) mass is 398 g/mol. The molecule has 0 saturated carbocycles. The SMILES string of the molecule is CC(Nc1ncnc2nc[nH]c12)c1nc2cccc(N)c2c(=O)n1-c1ccccc1. The van der Waals surface area contributed by atoms with E-state index in [9.17, 15) is 4.79 Å². The van der Waals surface area contributed by atoms with Crippen molar-refractivity contribution in [2.45, 2.75) is 13.0 Å². The van der Waals surface area contributed by atoms with Crippen molar-refractivity contribution >= 4 is 33.6 Å². The number of aromatic nitrogens is 6. The van der Waals surface area contributed by atoms with Crippen LogP contribution in [0, 0.1) is 0 Å². The average Bonchev–Trinajstić information content (AvgIpc) is 3.24. The summed E-state index contributed by atoms with van der Waals surface area (Å²) < 4.78 is 1.59. The molecule has 3 heterocycles. The molecule has 9 nitrogen and oxygen atoms in total. The molecule has 0 amide bonds. The summed E-state index contributed by atoms with van der Waals surface area (Å²) in [6.45, 7) is 1.92. The number of rotatable bonds is 4. The minimum atomic E-state index is -0.356. The summed E-state index contributed by atoms with van der Waals surface area (Å²) in [6.07, 6.45) is 3.00. The van der Waals surface area contributed by atoms with Gasteiger partial charge in [0.15, 0.2) is 11.5 Å². The fourth-order valence-corrected chi connectivity index (χ4v) is 3.53. The van der Waals surface area contributed by atoms with Gasteiger partial charge in [0, 0.05) is 5.69 Å². The second kappa shape index (κ2) is 6.96. The highest BCUT2D eigenvalue weighted by atomic mass is 16.1. The van der Waals surface area contributed by atoms with E-state index >= 15 is 0 Å². The van der Waals surface area contributed by atoms with Crippen molar-refractivity contribution in [3.05, 3.63) is 77.4 Å². The summed E-state index contributed by atoms with van der Waals surface area (Å²) in [7, 11) is 0. The van der Waals surface area contributed by atoms with Gasteiger partial charge in [-0.15, -0.1) is 0 Å². The molecule has 4 N–H and O–H groups in total. The van der Waals surface area contributed by atoms with Gasteiger partial charge in [0.1, 0.15) is 17.7 Å². The van der Waals surface area contributed by atoms with E-state index in [1.54, 1.807) is 29.1 Å². The molecular weight excluding hydrogens is 380 g/mol. The third-order valence-electron chi connectivity index (χ3n) is 4.93. The van der Waals surface area contributed by atoms with E-state index in [4.69, 9.17) is 10.7 Å². The molecule has 0 fully saturated rings. The third kappa shape index (κ3) is 2.84. The standard InChI is InChI=1S/C21H18N8O/c1-12(27-19-17-18(24-10-23-17)25-11-26-19)20-28-15-9-5-8-14(22)16(15)21(30)29(20)13-6-3-2-4-7-13/h2-12H,22H2,1H3,(H2,23,24,25,26,27). The van der Waals surface area contributed by atoms with Crippen LogP contribution in [-0.4, -0.2) is 29.5 Å². The van der Waals surface area contributed by atoms with Gasteiger partial charge in [-0.2, -0.15) is 0 Å². The molecule has 3 aromatic heterocycles. The Balaban J connectivity index is 1.71. The van der Waals surface area contributed by atoms with E-state index < -0.39 is 0 Å². The molecule has 0 bridgehead atoms. The zero-order chi connectivity index (χ0) is 20.7. The number of nitrogens with zero attached hydrogens (tertiary/aromatic N) is 5. The lowest BCUT2D eigenvalue weighted by Crippen LogP contribution is -2.28. The van der Waals surface area contributed by atoms with Crippen molar-refractivity contribution in [2.75, 3.05) is 11.1 Å². The fourth-order valence-electron chi connectivity index (χ4n) is 3.53. The van der Waals surface area contributed by atoms with Gasteiger partial charge in [-0.1, -0.05) is 24.3 Å². The number of anilines is 2. The molecule has 0 radical (unpaired) electrons. The molecule has 1 unspecified atom stereocenters. The Kier molecular flexibility index (Phi) is 4.13. The summed E-state index contributed by atoms with van der Waals surface area (Å²) >= 11 is 0. The topological polar surface area (TPSA) is 127 Å². The van der Waals surface area contributed by atoms with Gasteiger partial charge >= 0.3 is 0 Å². The van der Waals surface area contributed by atoms with E-state index in [1.165, 1.54) is 6.33 Å². The molecule has 5 aromatic rings. The molecule has 30 heavy (non-hydrogen) atoms. The van der Waals surface area contributed by atoms with Gasteiger partial charge < -0.3 is 16.0 Å². The third-order valence-corrected chi connectivity index (χ3v) is 4.93. The molecular formula is C21H18N8O. The number of fused-ring (bicyclic) bond motifs is 2. The van der Waals surface area contributed by atoms with E-state index in [1.807, 2.05) is 37.3 Å². The van der Waals surface area contributed by atoms with Gasteiger partial charge in [0.05, 0.1) is 29.0 Å². The molecule has 0 saturated heterocycles. The van der Waals surface area contributed by atoms with Crippen LogP contribution in [0.5, 0.6) is 0 Å². The highest BCUT2D eigenvalue weighted by Crippen LogP contribution is 2.24. The average molecular weight is 398 g/mol. The van der Waals surface area contributed by atoms with Gasteiger partial charge in [0.2, 0.25) is 0 Å². The Hall–Kier alpha value is -4.27. The first-order chi connectivity index (χ1) is 14.6. The highest BCUT2D eigenvalue weighted by Gasteiger charge is 2.20. The van der Waals surface area contributed by atoms with E-state index in [0.717, 1.165) is 0 Å². The van der Waals surface area contributed by atoms with Crippen LogP contribution in [-0.2, 0) is 0 Å². The maximum atomic E-state index is 13.5. The Bertz CT molecular complexity index is 1420. The van der Waals surface area contributed by atoms with Crippen LogP contribution in [0.15, 0.2) is 66.0 Å². The minimum Gasteiger partial charge on any atom is -0.398 e. The molecule has 0 aliphatic carbocycles. The summed E-state index contributed by atoms with van der Waals surface area (Å²) in [5.74, 6) is 1.11. The zero-order valence-electron chi connectivity index (χ0n) is 16.1. The first-order valence-corrected chi connectivity index (χ1v) is 9.40. The van der Waals surface area contributed by atoms with Crippen LogP contribution in [0.4, 0.5) is 11.5 Å². The van der Waals surface area contributed by atoms with E-state index in [-0.39, 0.29) is 11.6 Å². The summed E-state index contributed by atoms with van der Waals surface area (Å²) in [6, 6.07) is 14.3. The number of nitrogens with two attached hydrogens (primary N) is 1. The smallest absolute Gasteiger partial charge is 0.268 e. The highest BCUT2D eigenvalue weighted by molar-refractivity contribution is 5.89. The quantitative estimate of drug-likeness (QED) is 0.397. The Morgan fingerprint density at radius 3 is 2.73 bits per heavy atom. The van der Waals surface area contributed by atoms with Crippen molar-refractivity contribution in [1.82, 2.24) is 29.5 Å². The van der Waals surface area contributed by atoms with Gasteiger partial charge in [-0.05, 0) is 31.2 Å². The van der Waals surface area contributed by atoms with Crippen LogP contribution in [0.2, 0.25) is 0 Å². The summed E-state index contributed by atoms with van der Waals surface area (Å²) in [5.41, 5.74) is 8.78. The van der Waals surface area contributed by atoms with E-state index in [2.05, 4.69) is 25.3 Å². The Morgan fingerprint density at radius 2 is 1.90 bits per heavy atom. The minimum absolute atomic E-state index is 0.220. The number of hydrogen-bond donors (Lipinski definition) is 3. The van der Waals surface area contributed by atoms with Crippen LogP contribution in [0.25, 0.3) is 27.8 Å². The molecule has 0 aliphatic rings. The molecule has 1 atom stereocenters. The zero-order valence-corrected chi connectivity index (χ0v) is 16.1. The van der Waals surface area contributed by atoms with Crippen molar-refractivity contribution in [1.29, 1.82) is 0 Å². The van der Waals surface area contributed by atoms with Gasteiger partial charge in [0.25, 0.3) is 5.56 Å². The number of nitrogen functional groups attached to an aromatic ring is 1. The van der Waals surface area contributed by atoms with Gasteiger partial charge in [-0.25, -0.2) is 19.9 Å². The van der Waals surface area contributed by atoms with Crippen molar-refractivity contribution in [3.8, 4) is 5.69 Å². The predicted octanol–water partition coefficient (Wildman–Crippen LogP) is 2.81. The van der Waals surface area contributed by atoms with E-state index in [0.29, 0.717) is 45.1 Å². The van der Waals surface area contributed by atoms with Crippen LogP contribution >= 0.6 is 0 Å². The second-order valence-corrected chi connectivity index (χ2v) is 6.88. The lowest BCUT2D eigenvalue weighted by molar-refractivity contribution is 0.732. The number of benzene rings is 2. The summed E-state index contributed by atoms with van der Waals surface area (Å²) in [5, 5.41) is 3.73. The first kappa shape index (κ1) is 17.8. The van der Waals surface area contributed by atoms with Crippen LogP contribution < -0.4 is 16.6 Å². The fraction of sp³-hybridized carbons (Fsp3) is 0.0952. The van der Waals surface area contributed by atoms with Gasteiger partial charge in [-0.3, -0.25) is 9.36 Å². The molecule has 0 aliphatic heterocycles. The second-order valence-electron chi connectivity index (χ2n) is 6.88. The summed E-state index contributed by atoms with van der Waals surface area (Å²) in [4.78, 5) is 33.9. The van der Waals surface area contributed by atoms with Crippen molar-refractivity contribution < 1.29 is 0 Å². The Labute approximate surface area is 170 Å². The number of H-pyrrole nitrogens is 1. The Morgan fingerprint density at radius 1 is 1.07 bits per heavy atom. The maximum absolute atomic E-state index is 13.5. The number of nitrogens with one attached hydrogen (secondary N) is 2. The molecule has 2 aromatic carbocycles. The molecule has 5 rings (SSSR count). The van der Waals surface area contributed by atoms with Crippen LogP contribution in [0.3, 0.4) is 0 Å².